The largest absolute Gasteiger partial charge is 0.369 e. The van der Waals surface area contributed by atoms with Crippen LogP contribution in [0.15, 0.2) is 53.4 Å². The Bertz CT molecular complexity index is 863. The number of anilines is 1. The standard InChI is InChI=1S/C21H28FN3O2S/c1-18-5-4-6-20(17-18)25-15-13-24(14-16-25)12-3-2-11-23-28(26,27)21-9-7-19(22)8-10-21/h4-10,17,23H,2-3,11-16H2,1H3. The maximum absolute atomic E-state index is 12.9. The fourth-order valence-electron chi connectivity index (χ4n) is 3.42. The van der Waals surface area contributed by atoms with E-state index in [0.717, 1.165) is 57.7 Å². The maximum atomic E-state index is 12.9. The molecule has 3 rings (SSSR count). The number of aryl methyl sites for hydroxylation is 1. The fraction of sp³-hybridized carbons (Fsp3) is 0.429. The third-order valence-corrected chi connectivity index (χ3v) is 6.53. The molecule has 152 valence electrons. The highest BCUT2D eigenvalue weighted by Crippen LogP contribution is 2.18. The van der Waals surface area contributed by atoms with Crippen LogP contribution in [-0.2, 0) is 10.0 Å². The highest BCUT2D eigenvalue weighted by Gasteiger charge is 2.17. The van der Waals surface area contributed by atoms with Gasteiger partial charge in [0.1, 0.15) is 5.82 Å². The minimum absolute atomic E-state index is 0.0983. The van der Waals surface area contributed by atoms with E-state index in [1.807, 2.05) is 0 Å². The zero-order valence-corrected chi connectivity index (χ0v) is 17.1. The molecular formula is C21H28FN3O2S. The van der Waals surface area contributed by atoms with Gasteiger partial charge in [0.25, 0.3) is 0 Å². The van der Waals surface area contributed by atoms with Crippen LogP contribution < -0.4 is 9.62 Å². The highest BCUT2D eigenvalue weighted by molar-refractivity contribution is 7.89. The normalized spacial score (nSPS) is 15.7. The first kappa shape index (κ1) is 20.8. The molecule has 0 radical (unpaired) electrons. The molecule has 1 heterocycles. The molecule has 0 amide bonds. The molecule has 0 atom stereocenters. The van der Waals surface area contributed by atoms with Crippen molar-refractivity contribution in [2.45, 2.75) is 24.7 Å². The average molecular weight is 406 g/mol. The van der Waals surface area contributed by atoms with Gasteiger partial charge in [-0.15, -0.1) is 0 Å². The van der Waals surface area contributed by atoms with Gasteiger partial charge in [-0.2, -0.15) is 0 Å². The topological polar surface area (TPSA) is 52.6 Å². The molecule has 7 heteroatoms. The Kier molecular flexibility index (Phi) is 7.04. The Morgan fingerprint density at radius 1 is 1.00 bits per heavy atom. The molecule has 2 aromatic carbocycles. The summed E-state index contributed by atoms with van der Waals surface area (Å²) >= 11 is 0. The second kappa shape index (κ2) is 9.49. The van der Waals surface area contributed by atoms with Crippen LogP contribution in [-0.4, -0.2) is 52.6 Å². The van der Waals surface area contributed by atoms with E-state index in [-0.39, 0.29) is 4.90 Å². The van der Waals surface area contributed by atoms with Crippen LogP contribution in [0, 0.1) is 12.7 Å². The van der Waals surface area contributed by atoms with Crippen LogP contribution in [0.1, 0.15) is 18.4 Å². The number of unbranched alkanes of at least 4 members (excludes halogenated alkanes) is 1. The first-order valence-corrected chi connectivity index (χ1v) is 11.2. The zero-order valence-electron chi connectivity index (χ0n) is 16.3. The SMILES string of the molecule is Cc1cccc(N2CCN(CCCCNS(=O)(=O)c3ccc(F)cc3)CC2)c1. The number of hydrogen-bond acceptors (Lipinski definition) is 4. The average Bonchev–Trinajstić information content (AvgIpc) is 2.68. The summed E-state index contributed by atoms with van der Waals surface area (Å²) in [7, 11) is -3.56. The zero-order chi connectivity index (χ0) is 20.0. The summed E-state index contributed by atoms with van der Waals surface area (Å²) in [6, 6.07) is 13.5. The molecule has 0 spiro atoms. The van der Waals surface area contributed by atoms with E-state index < -0.39 is 15.8 Å². The minimum atomic E-state index is -3.56. The quantitative estimate of drug-likeness (QED) is 0.686. The van der Waals surface area contributed by atoms with Crippen molar-refractivity contribution >= 4 is 15.7 Å². The Morgan fingerprint density at radius 3 is 2.39 bits per heavy atom. The van der Waals surface area contributed by atoms with Gasteiger partial charge in [0.15, 0.2) is 0 Å². The van der Waals surface area contributed by atoms with Crippen molar-refractivity contribution in [3.8, 4) is 0 Å². The van der Waals surface area contributed by atoms with Crippen LogP contribution in [0.4, 0.5) is 10.1 Å². The van der Waals surface area contributed by atoms with E-state index in [1.54, 1.807) is 0 Å². The van der Waals surface area contributed by atoms with Gasteiger partial charge in [-0.1, -0.05) is 12.1 Å². The van der Waals surface area contributed by atoms with Crippen molar-refractivity contribution in [1.29, 1.82) is 0 Å². The molecule has 0 saturated carbocycles. The van der Waals surface area contributed by atoms with E-state index in [9.17, 15) is 12.8 Å². The number of piperazine rings is 1. The molecule has 0 unspecified atom stereocenters. The van der Waals surface area contributed by atoms with Gasteiger partial charge in [0, 0.05) is 38.4 Å². The molecule has 1 aliphatic heterocycles. The second-order valence-corrected chi connectivity index (χ2v) is 8.99. The predicted molar refractivity (Wildman–Crippen MR) is 111 cm³/mol. The lowest BCUT2D eigenvalue weighted by atomic mass is 10.2. The third kappa shape index (κ3) is 5.77. The molecule has 0 aliphatic carbocycles. The molecule has 1 aliphatic rings. The number of sulfonamides is 1. The molecular weight excluding hydrogens is 377 g/mol. The van der Waals surface area contributed by atoms with E-state index in [2.05, 4.69) is 45.7 Å². The van der Waals surface area contributed by atoms with Crippen molar-refractivity contribution < 1.29 is 12.8 Å². The summed E-state index contributed by atoms with van der Waals surface area (Å²) in [5, 5.41) is 0. The van der Waals surface area contributed by atoms with Crippen molar-refractivity contribution in [2.75, 3.05) is 44.2 Å². The Labute approximate surface area is 167 Å². The van der Waals surface area contributed by atoms with Crippen molar-refractivity contribution in [2.24, 2.45) is 0 Å². The van der Waals surface area contributed by atoms with Gasteiger partial charge in [-0.05, 0) is 68.3 Å². The number of benzene rings is 2. The van der Waals surface area contributed by atoms with Gasteiger partial charge < -0.3 is 4.90 Å². The van der Waals surface area contributed by atoms with Crippen LogP contribution >= 0.6 is 0 Å². The van der Waals surface area contributed by atoms with Gasteiger partial charge in [-0.25, -0.2) is 17.5 Å². The second-order valence-electron chi connectivity index (χ2n) is 7.23. The molecule has 2 aromatic rings. The smallest absolute Gasteiger partial charge is 0.240 e. The Hall–Kier alpha value is -1.96. The fourth-order valence-corrected chi connectivity index (χ4v) is 4.49. The molecule has 1 N–H and O–H groups in total. The summed E-state index contributed by atoms with van der Waals surface area (Å²) in [6.07, 6.45) is 1.72. The molecule has 0 bridgehead atoms. The van der Waals surface area contributed by atoms with Crippen molar-refractivity contribution in [3.05, 3.63) is 59.9 Å². The summed E-state index contributed by atoms with van der Waals surface area (Å²) in [5.74, 6) is -0.443. The van der Waals surface area contributed by atoms with Crippen molar-refractivity contribution in [1.82, 2.24) is 9.62 Å². The van der Waals surface area contributed by atoms with E-state index >= 15 is 0 Å². The van der Waals surface area contributed by atoms with Gasteiger partial charge in [-0.3, -0.25) is 4.90 Å². The number of halogens is 1. The number of nitrogens with one attached hydrogen (secondary N) is 1. The van der Waals surface area contributed by atoms with Crippen LogP contribution in [0.3, 0.4) is 0 Å². The lowest BCUT2D eigenvalue weighted by Crippen LogP contribution is -2.46. The third-order valence-electron chi connectivity index (χ3n) is 5.06. The van der Waals surface area contributed by atoms with Crippen LogP contribution in [0.5, 0.6) is 0 Å². The minimum Gasteiger partial charge on any atom is -0.369 e. The first-order chi connectivity index (χ1) is 13.4. The summed E-state index contributed by atoms with van der Waals surface area (Å²) in [6.45, 7) is 7.55. The molecule has 5 nitrogen and oxygen atoms in total. The van der Waals surface area contributed by atoms with Gasteiger partial charge in [0.2, 0.25) is 10.0 Å². The summed E-state index contributed by atoms with van der Waals surface area (Å²) < 4.78 is 39.8. The lowest BCUT2D eigenvalue weighted by Gasteiger charge is -2.36. The summed E-state index contributed by atoms with van der Waals surface area (Å²) in [4.78, 5) is 4.95. The molecule has 1 fully saturated rings. The van der Waals surface area contributed by atoms with Crippen LogP contribution in [0.25, 0.3) is 0 Å². The monoisotopic (exact) mass is 405 g/mol. The van der Waals surface area contributed by atoms with E-state index in [4.69, 9.17) is 0 Å². The van der Waals surface area contributed by atoms with E-state index in [1.165, 1.54) is 23.4 Å². The number of rotatable bonds is 8. The lowest BCUT2D eigenvalue weighted by molar-refractivity contribution is 0.253. The molecule has 28 heavy (non-hydrogen) atoms. The van der Waals surface area contributed by atoms with Crippen LogP contribution in [0.2, 0.25) is 0 Å². The van der Waals surface area contributed by atoms with Crippen molar-refractivity contribution in [3.63, 3.8) is 0 Å². The van der Waals surface area contributed by atoms with E-state index in [0.29, 0.717) is 6.54 Å². The first-order valence-electron chi connectivity index (χ1n) is 9.73. The summed E-state index contributed by atoms with van der Waals surface area (Å²) in [5.41, 5.74) is 2.57. The predicted octanol–water partition coefficient (Wildman–Crippen LogP) is 3.01. The Balaban J connectivity index is 1.34. The number of hydrogen-bond donors (Lipinski definition) is 1. The Morgan fingerprint density at radius 2 is 1.71 bits per heavy atom. The maximum Gasteiger partial charge on any atom is 0.240 e. The molecule has 1 saturated heterocycles. The van der Waals surface area contributed by atoms with Gasteiger partial charge >= 0.3 is 0 Å². The van der Waals surface area contributed by atoms with Gasteiger partial charge in [0.05, 0.1) is 4.90 Å². The highest BCUT2D eigenvalue weighted by atomic mass is 32.2. The number of nitrogens with zero attached hydrogens (tertiary/aromatic N) is 2. The molecule has 0 aromatic heterocycles.